The first-order valence-corrected chi connectivity index (χ1v) is 16.4. The second kappa shape index (κ2) is 16.3. The number of likely N-dealkylation sites (tertiary alicyclic amines) is 1. The van der Waals surface area contributed by atoms with Crippen molar-refractivity contribution in [3.8, 4) is 0 Å². The van der Waals surface area contributed by atoms with E-state index in [1.807, 2.05) is 0 Å². The number of hydrogen-bond donors (Lipinski definition) is 0. The molecule has 4 aromatic carbocycles. The molecule has 4 aromatic rings. The van der Waals surface area contributed by atoms with Crippen LogP contribution in [0.4, 0.5) is 0 Å². The van der Waals surface area contributed by atoms with E-state index < -0.39 is 0 Å². The van der Waals surface area contributed by atoms with Crippen LogP contribution in [0.1, 0.15) is 27.2 Å². The van der Waals surface area contributed by atoms with Crippen LogP contribution in [0, 0.1) is 0 Å². The van der Waals surface area contributed by atoms with Gasteiger partial charge >= 0.3 is 0 Å². The summed E-state index contributed by atoms with van der Waals surface area (Å²) in [6.07, 6.45) is 2.43. The van der Waals surface area contributed by atoms with Gasteiger partial charge in [-0.15, -0.1) is 0 Å². The molecule has 5 rings (SSSR count). The summed E-state index contributed by atoms with van der Waals surface area (Å²) in [5.74, 6) is 0. The maximum absolute atomic E-state index is 9.47. The Morgan fingerprint density at radius 1 is 0.725 bits per heavy atom. The van der Waals surface area contributed by atoms with Gasteiger partial charge in [0.25, 0.3) is 0 Å². The quantitative estimate of drug-likeness (QED) is 0.129. The van der Waals surface area contributed by atoms with E-state index in [2.05, 4.69) is 131 Å². The largest absolute Gasteiger partial charge is 0.649 e. The normalized spacial score (nSPS) is 15.2. The van der Waals surface area contributed by atoms with Gasteiger partial charge in [0, 0.05) is 38.0 Å². The van der Waals surface area contributed by atoms with E-state index in [0.29, 0.717) is 5.66 Å². The molecule has 0 saturated carbocycles. The number of nitrogens with zero attached hydrogens (tertiary/aromatic N) is 1. The predicted octanol–water partition coefficient (Wildman–Crippen LogP) is 6.15. The number of ether oxygens (including phenoxy) is 1. The smallest absolute Gasteiger partial charge is 0.0623 e. The van der Waals surface area contributed by atoms with E-state index in [0.717, 1.165) is 6.29 Å². The van der Waals surface area contributed by atoms with E-state index >= 15 is 0 Å². The minimum absolute atomic E-state index is 0. The van der Waals surface area contributed by atoms with Gasteiger partial charge in [0.1, 0.15) is 0 Å². The number of hydrogen-bond acceptors (Lipinski definition) is 3. The van der Waals surface area contributed by atoms with Crippen LogP contribution in [-0.4, -0.2) is 42.0 Å². The molecular formula is C34H38NO2P2Rh-. The summed E-state index contributed by atoms with van der Waals surface area (Å²) < 4.78 is 4.42. The fourth-order valence-corrected chi connectivity index (χ4v) is 9.99. The summed E-state index contributed by atoms with van der Waals surface area (Å²) >= 11 is 0. The molecule has 0 aromatic heterocycles. The van der Waals surface area contributed by atoms with Crippen LogP contribution in [0.5, 0.6) is 0 Å². The van der Waals surface area contributed by atoms with Crippen molar-refractivity contribution >= 4 is 43.5 Å². The fraction of sp³-hybridized carbons (Fsp3) is 0.265. The number of benzene rings is 4. The summed E-state index contributed by atoms with van der Waals surface area (Å²) in [6.45, 7) is 9.11. The third kappa shape index (κ3) is 9.71. The van der Waals surface area contributed by atoms with Gasteiger partial charge in [-0.25, -0.2) is 0 Å². The van der Waals surface area contributed by atoms with Crippen molar-refractivity contribution < 1.29 is 29.0 Å². The molecule has 211 valence electrons. The van der Waals surface area contributed by atoms with Crippen LogP contribution in [0.15, 0.2) is 121 Å². The molecule has 1 saturated heterocycles. The molecule has 0 N–H and O–H groups in total. The average Bonchev–Trinajstić information content (AvgIpc) is 3.42. The van der Waals surface area contributed by atoms with E-state index in [1.54, 1.807) is 20.8 Å². The number of carbonyl (C=O) groups excluding carboxylic acids is 1. The Labute approximate surface area is 255 Å². The minimum Gasteiger partial charge on any atom is -0.649 e. The van der Waals surface area contributed by atoms with Gasteiger partial charge in [0.2, 0.25) is 0 Å². The third-order valence-corrected chi connectivity index (χ3v) is 11.9. The van der Waals surface area contributed by atoms with Gasteiger partial charge in [-0.05, 0) is 70.8 Å². The van der Waals surface area contributed by atoms with Crippen LogP contribution in [0.2, 0.25) is 0 Å². The molecule has 3 nitrogen and oxygen atoms in total. The average molecular weight is 658 g/mol. The number of rotatable bonds is 8. The first-order valence-electron chi connectivity index (χ1n) is 13.5. The molecule has 40 heavy (non-hydrogen) atoms. The molecular weight excluding hydrogens is 619 g/mol. The van der Waals surface area contributed by atoms with Crippen LogP contribution in [0.3, 0.4) is 0 Å². The summed E-state index contributed by atoms with van der Waals surface area (Å²) in [5.41, 5.74) is 0.333. The van der Waals surface area contributed by atoms with Crippen LogP contribution >= 0.6 is 15.8 Å². The Bertz CT molecular complexity index is 1180. The SMILES string of the molecule is CC(C)(C)O[C-]=O.[Rh].c1ccc(P(CN2CC[C@H](P(c3ccccc3)c3ccccc3)C2)c2ccccc2)cc1. The predicted molar refractivity (Wildman–Crippen MR) is 170 cm³/mol. The molecule has 0 aliphatic carbocycles. The molecule has 1 atom stereocenters. The van der Waals surface area contributed by atoms with Crippen molar-refractivity contribution in [2.24, 2.45) is 0 Å². The monoisotopic (exact) mass is 657 g/mol. The molecule has 1 aliphatic heterocycles. The van der Waals surface area contributed by atoms with Gasteiger partial charge in [0.05, 0.1) is 5.60 Å². The first-order chi connectivity index (χ1) is 18.9. The summed E-state index contributed by atoms with van der Waals surface area (Å²) in [5, 5.41) is 5.97. The molecule has 0 spiro atoms. The van der Waals surface area contributed by atoms with E-state index in [4.69, 9.17) is 0 Å². The van der Waals surface area contributed by atoms with Gasteiger partial charge in [-0.3, -0.25) is 4.90 Å². The Morgan fingerprint density at radius 2 is 1.12 bits per heavy atom. The van der Waals surface area contributed by atoms with Crippen molar-refractivity contribution in [2.75, 3.05) is 19.4 Å². The van der Waals surface area contributed by atoms with Gasteiger partial charge in [0.15, 0.2) is 0 Å². The van der Waals surface area contributed by atoms with Gasteiger partial charge in [-0.2, -0.15) is 0 Å². The van der Waals surface area contributed by atoms with Crippen LogP contribution in [-0.2, 0) is 29.0 Å². The molecule has 1 fully saturated rings. The fourth-order valence-electron chi connectivity index (χ4n) is 4.75. The summed E-state index contributed by atoms with van der Waals surface area (Å²) in [7, 11) is -0.722. The molecule has 0 unspecified atom stereocenters. The molecule has 1 heterocycles. The Kier molecular flexibility index (Phi) is 13.2. The maximum atomic E-state index is 9.47. The van der Waals surface area contributed by atoms with Crippen molar-refractivity contribution in [3.05, 3.63) is 121 Å². The second-order valence-corrected chi connectivity index (χ2v) is 15.3. The van der Waals surface area contributed by atoms with Gasteiger partial charge in [-0.1, -0.05) is 128 Å². The first kappa shape index (κ1) is 32.3. The Morgan fingerprint density at radius 3 is 1.48 bits per heavy atom. The second-order valence-electron chi connectivity index (χ2n) is 10.6. The molecule has 1 radical (unpaired) electrons. The standard InChI is InChI=1S/C29H29NP2.C5H9O2.Rh/c1-5-13-25(14-6-1)31(26-15-7-2-8-16-26)24-30-22-21-29(23-30)32(27-17-9-3-10-18-27)28-19-11-4-12-20-28;1-5(2,3)7-4-6;/h1-20,29H,21-24H2;1-3H3;/q;-1;/t29-;;/m0../s1. The molecule has 1 aliphatic rings. The zero-order valence-electron chi connectivity index (χ0n) is 23.4. The molecule has 6 heteroatoms. The van der Waals surface area contributed by atoms with Crippen molar-refractivity contribution in [2.45, 2.75) is 38.5 Å². The Balaban J connectivity index is 0.000000492. The summed E-state index contributed by atoms with van der Waals surface area (Å²) in [4.78, 5) is 12.2. The minimum atomic E-state index is -0.376. The van der Waals surface area contributed by atoms with Crippen LogP contribution < -0.4 is 21.2 Å². The van der Waals surface area contributed by atoms with Crippen molar-refractivity contribution in [1.82, 2.24) is 4.90 Å². The van der Waals surface area contributed by atoms with E-state index in [-0.39, 0.29) is 40.9 Å². The van der Waals surface area contributed by atoms with Gasteiger partial charge < -0.3 is 9.53 Å². The van der Waals surface area contributed by atoms with E-state index in [1.165, 1.54) is 47.2 Å². The zero-order valence-corrected chi connectivity index (χ0v) is 26.9. The third-order valence-electron chi connectivity index (χ3n) is 6.51. The topological polar surface area (TPSA) is 29.5 Å². The Hall–Kier alpha value is -2.21. The van der Waals surface area contributed by atoms with E-state index in [9.17, 15) is 4.79 Å². The summed E-state index contributed by atoms with van der Waals surface area (Å²) in [6, 6.07) is 44.6. The van der Waals surface area contributed by atoms with Crippen molar-refractivity contribution in [1.29, 1.82) is 0 Å². The maximum Gasteiger partial charge on any atom is 0.0623 e. The molecule has 0 amide bonds. The zero-order chi connectivity index (χ0) is 27.5. The van der Waals surface area contributed by atoms with Crippen molar-refractivity contribution in [3.63, 3.8) is 0 Å². The molecule has 0 bridgehead atoms. The van der Waals surface area contributed by atoms with Crippen LogP contribution in [0.25, 0.3) is 0 Å².